The number of rotatable bonds is 6. The maximum Gasteiger partial charge on any atom is 0.127 e. The van der Waals surface area contributed by atoms with Gasteiger partial charge in [0.05, 0.1) is 0 Å². The van der Waals surface area contributed by atoms with Gasteiger partial charge in [0.25, 0.3) is 0 Å². The molecule has 0 heterocycles. The van der Waals surface area contributed by atoms with E-state index in [1.807, 2.05) is 6.07 Å². The summed E-state index contributed by atoms with van der Waals surface area (Å²) in [6.07, 6.45) is 1.81. The maximum atomic E-state index is 14.1. The van der Waals surface area contributed by atoms with Crippen LogP contribution in [0.15, 0.2) is 18.2 Å². The van der Waals surface area contributed by atoms with Crippen molar-refractivity contribution in [1.29, 1.82) is 0 Å². The molecule has 1 nitrogen and oxygen atoms in total. The fourth-order valence-electron chi connectivity index (χ4n) is 3.82. The molecule has 0 aromatic heterocycles. The summed E-state index contributed by atoms with van der Waals surface area (Å²) in [7, 11) is 0. The lowest BCUT2D eigenvalue weighted by Gasteiger charge is -2.21. The van der Waals surface area contributed by atoms with Gasteiger partial charge in [-0.25, -0.2) is 4.39 Å². The molecule has 1 aliphatic carbocycles. The average Bonchev–Trinajstić information content (AvgIpc) is 2.78. The summed E-state index contributed by atoms with van der Waals surface area (Å²) in [4.78, 5) is 0. The quantitative estimate of drug-likeness (QED) is 0.773. The molecule has 1 unspecified atom stereocenters. The summed E-state index contributed by atoms with van der Waals surface area (Å²) >= 11 is 5.85. The second-order valence-electron chi connectivity index (χ2n) is 7.42. The summed E-state index contributed by atoms with van der Waals surface area (Å²) < 4.78 is 14.1. The summed E-state index contributed by atoms with van der Waals surface area (Å²) in [5.41, 5.74) is 1.34. The van der Waals surface area contributed by atoms with Crippen LogP contribution >= 0.6 is 11.6 Å². The van der Waals surface area contributed by atoms with Crippen LogP contribution in [0.5, 0.6) is 0 Å². The van der Waals surface area contributed by atoms with Crippen LogP contribution in [0.3, 0.4) is 0 Å². The normalized spacial score (nSPS) is 21.3. The van der Waals surface area contributed by atoms with Crippen molar-refractivity contribution in [2.75, 3.05) is 6.54 Å². The van der Waals surface area contributed by atoms with Gasteiger partial charge in [-0.2, -0.15) is 0 Å². The second kappa shape index (κ2) is 5.89. The lowest BCUT2D eigenvalue weighted by Crippen LogP contribution is -2.36. The molecule has 1 aromatic rings. The van der Waals surface area contributed by atoms with E-state index in [1.54, 1.807) is 6.07 Å². The molecule has 1 N–H and O–H groups in total. The fourth-order valence-corrected chi connectivity index (χ4v) is 3.97. The van der Waals surface area contributed by atoms with E-state index in [0.29, 0.717) is 27.8 Å². The zero-order valence-corrected chi connectivity index (χ0v) is 14.5. The van der Waals surface area contributed by atoms with Gasteiger partial charge >= 0.3 is 0 Å². The summed E-state index contributed by atoms with van der Waals surface area (Å²) in [6.45, 7) is 12.4. The first-order valence-corrected chi connectivity index (χ1v) is 8.27. The monoisotopic (exact) mass is 311 g/mol. The fraction of sp³-hybridized carbons (Fsp3) is 0.667. The van der Waals surface area contributed by atoms with E-state index in [9.17, 15) is 4.39 Å². The molecule has 1 aromatic carbocycles. The first-order chi connectivity index (χ1) is 9.71. The van der Waals surface area contributed by atoms with Gasteiger partial charge in [-0.1, -0.05) is 52.3 Å². The molecule has 0 aliphatic heterocycles. The van der Waals surface area contributed by atoms with Gasteiger partial charge in [-0.05, 0) is 53.8 Å². The van der Waals surface area contributed by atoms with Crippen LogP contribution in [0.1, 0.15) is 46.6 Å². The van der Waals surface area contributed by atoms with Crippen molar-refractivity contribution in [3.8, 4) is 0 Å². The van der Waals surface area contributed by atoms with Crippen LogP contribution < -0.4 is 5.32 Å². The van der Waals surface area contributed by atoms with Crippen LogP contribution in [0.2, 0.25) is 5.02 Å². The maximum absolute atomic E-state index is 14.1. The van der Waals surface area contributed by atoms with Gasteiger partial charge in [-0.15, -0.1) is 0 Å². The van der Waals surface area contributed by atoms with Crippen molar-refractivity contribution in [2.45, 2.75) is 53.5 Å². The third-order valence-corrected chi connectivity index (χ3v) is 5.88. The highest BCUT2D eigenvalue weighted by atomic mass is 35.5. The zero-order valence-electron chi connectivity index (χ0n) is 13.8. The molecule has 0 radical (unpaired) electrons. The molecule has 1 fully saturated rings. The van der Waals surface area contributed by atoms with Gasteiger partial charge in [0.15, 0.2) is 0 Å². The van der Waals surface area contributed by atoms with Crippen LogP contribution in [0.25, 0.3) is 0 Å². The predicted molar refractivity (Wildman–Crippen MR) is 88.2 cm³/mol. The van der Waals surface area contributed by atoms with Crippen molar-refractivity contribution >= 4 is 11.6 Å². The first-order valence-electron chi connectivity index (χ1n) is 7.89. The van der Waals surface area contributed by atoms with E-state index in [1.165, 1.54) is 6.07 Å². The summed E-state index contributed by atoms with van der Waals surface area (Å²) in [5.74, 6) is 0.369. The van der Waals surface area contributed by atoms with Crippen LogP contribution in [-0.2, 0) is 6.42 Å². The predicted octanol–water partition coefficient (Wildman–Crippen LogP) is 5.07. The van der Waals surface area contributed by atoms with Crippen LogP contribution in [-0.4, -0.2) is 12.6 Å². The first kappa shape index (κ1) is 16.8. The molecular weight excluding hydrogens is 285 g/mol. The van der Waals surface area contributed by atoms with E-state index in [4.69, 9.17) is 11.6 Å². The molecule has 21 heavy (non-hydrogen) atoms. The van der Waals surface area contributed by atoms with E-state index >= 15 is 0 Å². The molecule has 1 aliphatic rings. The number of hydrogen-bond acceptors (Lipinski definition) is 1. The Balaban J connectivity index is 2.18. The van der Waals surface area contributed by atoms with Crippen molar-refractivity contribution in [2.24, 2.45) is 16.7 Å². The van der Waals surface area contributed by atoms with E-state index < -0.39 is 0 Å². The Labute approximate surface area is 133 Å². The standard InChI is InChI=1S/C18H27ClFN/c1-6-9-21-15(16-17(2,3)18(16,4)5)10-12-7-8-13(19)11-14(12)20/h7-8,11,15-16,21H,6,9-10H2,1-5H3. The third kappa shape index (κ3) is 3.12. The lowest BCUT2D eigenvalue weighted by molar-refractivity contribution is 0.391. The Hall–Kier alpha value is -0.600. The molecule has 0 bridgehead atoms. The average molecular weight is 312 g/mol. The number of nitrogens with one attached hydrogen (secondary N) is 1. The number of halogens is 2. The summed E-state index contributed by atoms with van der Waals surface area (Å²) in [5, 5.41) is 4.09. The molecule has 118 valence electrons. The van der Waals surface area contributed by atoms with Crippen molar-refractivity contribution < 1.29 is 4.39 Å². The minimum Gasteiger partial charge on any atom is -0.313 e. The van der Waals surface area contributed by atoms with Crippen LogP contribution in [0, 0.1) is 22.6 Å². The van der Waals surface area contributed by atoms with E-state index in [0.717, 1.165) is 24.9 Å². The number of benzene rings is 1. The van der Waals surface area contributed by atoms with Crippen molar-refractivity contribution in [3.05, 3.63) is 34.6 Å². The lowest BCUT2D eigenvalue weighted by atomic mass is 9.96. The molecule has 3 heteroatoms. The minimum atomic E-state index is -0.193. The highest BCUT2D eigenvalue weighted by Crippen LogP contribution is 2.69. The van der Waals surface area contributed by atoms with Gasteiger partial charge in [0.1, 0.15) is 5.82 Å². The molecule has 1 saturated carbocycles. The minimum absolute atomic E-state index is 0.193. The topological polar surface area (TPSA) is 12.0 Å². The molecular formula is C18H27ClFN. The second-order valence-corrected chi connectivity index (χ2v) is 7.86. The van der Waals surface area contributed by atoms with Gasteiger partial charge < -0.3 is 5.32 Å². The van der Waals surface area contributed by atoms with Gasteiger partial charge in [0, 0.05) is 11.1 Å². The highest BCUT2D eigenvalue weighted by Gasteiger charge is 2.66. The Kier molecular flexibility index (Phi) is 4.70. The van der Waals surface area contributed by atoms with E-state index in [2.05, 4.69) is 39.9 Å². The molecule has 0 saturated heterocycles. The van der Waals surface area contributed by atoms with Crippen molar-refractivity contribution in [3.63, 3.8) is 0 Å². The van der Waals surface area contributed by atoms with Crippen LogP contribution in [0.4, 0.5) is 4.39 Å². The molecule has 0 amide bonds. The molecule has 1 atom stereocenters. The molecule has 2 rings (SSSR count). The van der Waals surface area contributed by atoms with Gasteiger partial charge in [-0.3, -0.25) is 0 Å². The Morgan fingerprint density at radius 1 is 1.24 bits per heavy atom. The zero-order chi connectivity index (χ0) is 15.8. The SMILES string of the molecule is CCCNC(Cc1ccc(Cl)cc1F)C1C(C)(C)C1(C)C. The Morgan fingerprint density at radius 3 is 2.33 bits per heavy atom. The van der Waals surface area contributed by atoms with Crippen molar-refractivity contribution in [1.82, 2.24) is 5.32 Å². The number of hydrogen-bond donors (Lipinski definition) is 1. The molecule has 0 spiro atoms. The Bertz CT molecular complexity index is 496. The third-order valence-electron chi connectivity index (χ3n) is 5.65. The Morgan fingerprint density at radius 2 is 1.86 bits per heavy atom. The smallest absolute Gasteiger partial charge is 0.127 e. The largest absolute Gasteiger partial charge is 0.313 e. The van der Waals surface area contributed by atoms with Gasteiger partial charge in [0.2, 0.25) is 0 Å². The van der Waals surface area contributed by atoms with E-state index in [-0.39, 0.29) is 5.82 Å². The summed E-state index contributed by atoms with van der Waals surface area (Å²) in [6, 6.07) is 5.32. The highest BCUT2D eigenvalue weighted by molar-refractivity contribution is 6.30.